The molecule has 2 aromatic carbocycles. The normalized spacial score (nSPS) is 15.6. The van der Waals surface area contributed by atoms with Crippen LogP contribution in [0.1, 0.15) is 35.2 Å². The van der Waals surface area contributed by atoms with Crippen LogP contribution in [0, 0.1) is 5.92 Å². The van der Waals surface area contributed by atoms with Gasteiger partial charge in [0, 0.05) is 43.9 Å². The maximum Gasteiger partial charge on any atom is 0.416 e. The Bertz CT molecular complexity index is 1300. The fourth-order valence-electron chi connectivity index (χ4n) is 4.61. The van der Waals surface area contributed by atoms with E-state index < -0.39 is 47.3 Å². The van der Waals surface area contributed by atoms with Crippen LogP contribution in [0.5, 0.6) is 0 Å². The van der Waals surface area contributed by atoms with Crippen molar-refractivity contribution in [3.8, 4) is 0 Å². The van der Waals surface area contributed by atoms with Gasteiger partial charge in [-0.3, -0.25) is 4.79 Å². The smallest absolute Gasteiger partial charge is 0.416 e. The van der Waals surface area contributed by atoms with E-state index in [-0.39, 0.29) is 44.1 Å². The first-order valence-corrected chi connectivity index (χ1v) is 12.4. The Balaban J connectivity index is 1.37. The predicted molar refractivity (Wildman–Crippen MR) is 132 cm³/mol. The molecule has 214 valence electrons. The molecule has 4 rings (SSSR count). The van der Waals surface area contributed by atoms with E-state index in [0.717, 1.165) is 5.56 Å². The van der Waals surface area contributed by atoms with Crippen molar-refractivity contribution in [3.05, 3.63) is 83.4 Å². The van der Waals surface area contributed by atoms with E-state index in [1.54, 1.807) is 17.1 Å². The van der Waals surface area contributed by atoms with E-state index >= 15 is 0 Å². The molecular weight excluding hydrogens is 542 g/mol. The number of nitrogens with zero attached hydrogens (tertiary/aromatic N) is 3. The summed E-state index contributed by atoms with van der Waals surface area (Å²) in [4.78, 5) is 30.3. The molecule has 1 fully saturated rings. The zero-order valence-corrected chi connectivity index (χ0v) is 21.0. The van der Waals surface area contributed by atoms with Crippen molar-refractivity contribution in [1.82, 2.24) is 14.9 Å². The molecule has 0 aliphatic carbocycles. The number of hydrogen-bond donors (Lipinski definition) is 2. The second-order valence-corrected chi connectivity index (χ2v) is 9.65. The van der Waals surface area contributed by atoms with Crippen LogP contribution in [0.25, 0.3) is 0 Å². The lowest BCUT2D eigenvalue weighted by Crippen LogP contribution is -2.47. The largest absolute Gasteiger partial charge is 0.480 e. The molecule has 40 heavy (non-hydrogen) atoms. The highest BCUT2D eigenvalue weighted by molar-refractivity contribution is 5.85. The maximum absolute atomic E-state index is 13.2. The van der Waals surface area contributed by atoms with Gasteiger partial charge in [-0.1, -0.05) is 30.3 Å². The van der Waals surface area contributed by atoms with Crippen LogP contribution in [0.4, 0.5) is 32.0 Å². The van der Waals surface area contributed by atoms with Crippen LogP contribution in [0.3, 0.4) is 0 Å². The number of rotatable bonds is 8. The van der Waals surface area contributed by atoms with E-state index in [1.807, 2.05) is 30.3 Å². The lowest BCUT2D eigenvalue weighted by molar-refractivity contribution is -0.143. The third-order valence-electron chi connectivity index (χ3n) is 6.73. The van der Waals surface area contributed by atoms with Gasteiger partial charge in [0.2, 0.25) is 5.91 Å². The van der Waals surface area contributed by atoms with Crippen molar-refractivity contribution in [2.75, 3.05) is 18.0 Å². The summed E-state index contributed by atoms with van der Waals surface area (Å²) in [6.07, 6.45) is -6.47. The van der Waals surface area contributed by atoms with E-state index in [2.05, 4.69) is 10.3 Å². The number of carboxylic acids is 1. The molecule has 13 heteroatoms. The zero-order valence-electron chi connectivity index (χ0n) is 21.0. The summed E-state index contributed by atoms with van der Waals surface area (Å²) >= 11 is 0. The summed E-state index contributed by atoms with van der Waals surface area (Å²) in [6.45, 7) is 0.587. The fourth-order valence-corrected chi connectivity index (χ4v) is 4.61. The molecule has 0 bridgehead atoms. The lowest BCUT2D eigenvalue weighted by atomic mass is 9.94. The van der Waals surface area contributed by atoms with E-state index in [1.165, 1.54) is 4.90 Å². The second-order valence-electron chi connectivity index (χ2n) is 9.65. The summed E-state index contributed by atoms with van der Waals surface area (Å²) in [7, 11) is 0. The predicted octanol–water partition coefficient (Wildman–Crippen LogP) is 5.00. The number of piperidine rings is 1. The van der Waals surface area contributed by atoms with Gasteiger partial charge < -0.3 is 19.9 Å². The van der Waals surface area contributed by atoms with Crippen molar-refractivity contribution >= 4 is 17.6 Å². The number of halogens is 6. The Labute approximate surface area is 225 Å². The number of alkyl halides is 6. The Hall–Kier alpha value is -4.03. The van der Waals surface area contributed by atoms with Gasteiger partial charge in [-0.05, 0) is 36.6 Å². The molecule has 0 radical (unpaired) electrons. The van der Waals surface area contributed by atoms with Crippen LogP contribution < -0.4 is 10.2 Å². The van der Waals surface area contributed by atoms with Crippen molar-refractivity contribution < 1.29 is 41.0 Å². The fraction of sp³-hybridized carbons (Fsp3) is 0.370. The number of anilines is 1. The summed E-state index contributed by atoms with van der Waals surface area (Å²) < 4.78 is 81.1. The van der Waals surface area contributed by atoms with E-state index in [4.69, 9.17) is 0 Å². The molecule has 2 heterocycles. The van der Waals surface area contributed by atoms with Crippen LogP contribution >= 0.6 is 0 Å². The van der Waals surface area contributed by atoms with Gasteiger partial charge in [0.1, 0.15) is 6.04 Å². The Kier molecular flexibility index (Phi) is 8.40. The number of carbonyl (C=O) groups excluding carboxylic acids is 1. The summed E-state index contributed by atoms with van der Waals surface area (Å²) in [5.41, 5.74) is -1.57. The molecule has 1 unspecified atom stereocenters. The standard InChI is InChI=1S/C27H26F6N4O3/c28-26(29,30)19-10-20(27(31,32)33)12-22(11-19)37-8-6-18(7-9-37)24(38)35-23(25(39)40)13-21-15-36(16-34-21)14-17-4-2-1-3-5-17/h1-5,10-12,15-16,18,23H,6-9,13-14H2,(H,35,38)(H,39,40). The van der Waals surface area contributed by atoms with Crippen LogP contribution in [0.15, 0.2) is 61.1 Å². The minimum absolute atomic E-state index is 0.0261. The van der Waals surface area contributed by atoms with E-state index in [0.29, 0.717) is 24.4 Å². The molecule has 3 aromatic rings. The molecule has 1 aliphatic rings. The van der Waals surface area contributed by atoms with Crippen molar-refractivity contribution in [2.45, 2.75) is 44.2 Å². The van der Waals surface area contributed by atoms with Gasteiger partial charge in [0.25, 0.3) is 0 Å². The van der Waals surface area contributed by atoms with Gasteiger partial charge in [0.05, 0.1) is 23.1 Å². The maximum atomic E-state index is 13.2. The number of hydrogen-bond acceptors (Lipinski definition) is 4. The highest BCUT2D eigenvalue weighted by Crippen LogP contribution is 2.39. The number of carboxylic acid groups (broad SMARTS) is 1. The average Bonchev–Trinajstić information content (AvgIpc) is 3.34. The second kappa shape index (κ2) is 11.6. The van der Waals surface area contributed by atoms with Crippen molar-refractivity contribution in [1.29, 1.82) is 0 Å². The summed E-state index contributed by atoms with van der Waals surface area (Å²) in [5, 5.41) is 12.2. The average molecular weight is 569 g/mol. The minimum atomic E-state index is -4.96. The zero-order chi connectivity index (χ0) is 29.1. The van der Waals surface area contributed by atoms with Crippen LogP contribution in [0.2, 0.25) is 0 Å². The number of benzene rings is 2. The van der Waals surface area contributed by atoms with Gasteiger partial charge in [-0.25, -0.2) is 9.78 Å². The number of amides is 1. The molecule has 7 nitrogen and oxygen atoms in total. The number of nitrogens with one attached hydrogen (secondary N) is 1. The molecule has 0 saturated carbocycles. The first kappa shape index (κ1) is 29.0. The number of imidazole rings is 1. The van der Waals surface area contributed by atoms with Crippen molar-refractivity contribution in [3.63, 3.8) is 0 Å². The van der Waals surface area contributed by atoms with Crippen LogP contribution in [-0.4, -0.2) is 45.7 Å². The summed E-state index contributed by atoms with van der Waals surface area (Å²) in [6, 6.07) is 9.69. The molecule has 2 N–H and O–H groups in total. The minimum Gasteiger partial charge on any atom is -0.480 e. The van der Waals surface area contributed by atoms with Gasteiger partial charge in [-0.15, -0.1) is 0 Å². The molecule has 0 spiro atoms. The van der Waals surface area contributed by atoms with Gasteiger partial charge in [-0.2, -0.15) is 26.3 Å². The first-order chi connectivity index (χ1) is 18.8. The van der Waals surface area contributed by atoms with E-state index in [9.17, 15) is 41.0 Å². The highest BCUT2D eigenvalue weighted by atomic mass is 19.4. The Morgan fingerprint density at radius 3 is 2.12 bits per heavy atom. The Morgan fingerprint density at radius 2 is 1.57 bits per heavy atom. The molecule has 1 atom stereocenters. The molecule has 1 saturated heterocycles. The van der Waals surface area contributed by atoms with Gasteiger partial charge >= 0.3 is 18.3 Å². The SMILES string of the molecule is O=C(NC(Cc1cn(Cc2ccccc2)cn1)C(=O)O)C1CCN(c2cc(C(F)(F)F)cc(C(F)(F)F)c2)CC1. The third kappa shape index (κ3) is 7.33. The van der Waals surface area contributed by atoms with Crippen LogP contribution in [-0.2, 0) is 34.9 Å². The Morgan fingerprint density at radius 1 is 0.975 bits per heavy atom. The third-order valence-corrected chi connectivity index (χ3v) is 6.73. The quantitative estimate of drug-likeness (QED) is 0.374. The monoisotopic (exact) mass is 568 g/mol. The topological polar surface area (TPSA) is 87.5 Å². The molecule has 1 aliphatic heterocycles. The first-order valence-electron chi connectivity index (χ1n) is 12.4. The molecule has 1 aromatic heterocycles. The summed E-state index contributed by atoms with van der Waals surface area (Å²) in [5.74, 6) is -2.45. The lowest BCUT2D eigenvalue weighted by Gasteiger charge is -2.34. The molecule has 1 amide bonds. The molecular formula is C27H26F6N4O3. The number of carbonyl (C=O) groups is 2. The highest BCUT2D eigenvalue weighted by Gasteiger charge is 2.38. The van der Waals surface area contributed by atoms with Gasteiger partial charge in [0.15, 0.2) is 0 Å². The number of aliphatic carboxylic acids is 1. The number of aromatic nitrogens is 2. The van der Waals surface area contributed by atoms with Crippen molar-refractivity contribution in [2.24, 2.45) is 5.92 Å².